The second-order valence-corrected chi connectivity index (χ2v) is 3.97. The number of likely N-dealkylation sites (tertiary alicyclic amines) is 1. The summed E-state index contributed by atoms with van der Waals surface area (Å²) in [6.07, 6.45) is 5.12. The number of hydrogen-bond acceptors (Lipinski definition) is 3. The predicted octanol–water partition coefficient (Wildman–Crippen LogP) is 0.549. The summed E-state index contributed by atoms with van der Waals surface area (Å²) in [5.74, 6) is 0.276. The smallest absolute Gasteiger partial charge is 0.0918 e. The van der Waals surface area contributed by atoms with Gasteiger partial charge in [-0.25, -0.2) is 0 Å². The molecule has 4 N–H and O–H groups in total. The molecule has 0 spiro atoms. The lowest BCUT2D eigenvalue weighted by Gasteiger charge is -2.23. The van der Waals surface area contributed by atoms with Crippen LogP contribution < -0.4 is 5.73 Å². The second kappa shape index (κ2) is 5.98. The minimum Gasteiger partial charge on any atom is -0.396 e. The first kappa shape index (κ1) is 11.5. The molecule has 0 aromatic heterocycles. The van der Waals surface area contributed by atoms with Gasteiger partial charge in [-0.15, -0.1) is 0 Å². The van der Waals surface area contributed by atoms with Gasteiger partial charge in [-0.3, -0.25) is 10.3 Å². The summed E-state index contributed by atoms with van der Waals surface area (Å²) < 4.78 is 0. The molecule has 4 nitrogen and oxygen atoms in total. The van der Waals surface area contributed by atoms with Crippen LogP contribution in [0.2, 0.25) is 0 Å². The molecule has 0 aliphatic carbocycles. The highest BCUT2D eigenvalue weighted by Gasteiger charge is 2.23. The zero-order chi connectivity index (χ0) is 10.4. The Morgan fingerprint density at radius 3 is 3.00 bits per heavy atom. The van der Waals surface area contributed by atoms with Gasteiger partial charge in [0.05, 0.1) is 5.84 Å². The first-order chi connectivity index (χ1) is 6.74. The van der Waals surface area contributed by atoms with E-state index in [1.54, 1.807) is 0 Å². The lowest BCUT2D eigenvalue weighted by molar-refractivity contribution is 0.220. The van der Waals surface area contributed by atoms with E-state index in [0.717, 1.165) is 25.9 Å². The highest BCUT2D eigenvalue weighted by atomic mass is 16.2. The van der Waals surface area contributed by atoms with Crippen molar-refractivity contribution in [3.8, 4) is 0 Å². The fourth-order valence-corrected chi connectivity index (χ4v) is 2.11. The van der Waals surface area contributed by atoms with Gasteiger partial charge < -0.3 is 10.8 Å². The van der Waals surface area contributed by atoms with Gasteiger partial charge in [0.25, 0.3) is 0 Å². The third kappa shape index (κ3) is 3.64. The minimum atomic E-state index is 0.276. The summed E-state index contributed by atoms with van der Waals surface area (Å²) in [6, 6.07) is 0.612. The second-order valence-electron chi connectivity index (χ2n) is 3.97. The molecule has 0 aromatic rings. The molecule has 1 aliphatic heterocycles. The third-order valence-electron chi connectivity index (χ3n) is 2.86. The van der Waals surface area contributed by atoms with Crippen molar-refractivity contribution in [2.45, 2.75) is 38.1 Å². The Morgan fingerprint density at radius 2 is 2.36 bits per heavy atom. The molecule has 0 radical (unpaired) electrons. The normalized spacial score (nSPS) is 22.8. The summed E-state index contributed by atoms with van der Waals surface area (Å²) in [6.45, 7) is 2.33. The third-order valence-corrected chi connectivity index (χ3v) is 2.86. The summed E-state index contributed by atoms with van der Waals surface area (Å²) in [7, 11) is 0. The fourth-order valence-electron chi connectivity index (χ4n) is 2.11. The molecule has 1 heterocycles. The quantitative estimate of drug-likeness (QED) is 0.432. The van der Waals surface area contributed by atoms with E-state index >= 15 is 0 Å². The maximum atomic E-state index is 8.76. The zero-order valence-electron chi connectivity index (χ0n) is 8.71. The topological polar surface area (TPSA) is 73.3 Å². The van der Waals surface area contributed by atoms with Crippen LogP contribution in [0, 0.1) is 5.41 Å². The number of nitrogens with zero attached hydrogens (tertiary/aromatic N) is 1. The molecule has 0 amide bonds. The maximum Gasteiger partial charge on any atom is 0.0918 e. The molecule has 1 saturated heterocycles. The minimum absolute atomic E-state index is 0.276. The van der Waals surface area contributed by atoms with Crippen LogP contribution in [-0.2, 0) is 0 Å². The van der Waals surface area contributed by atoms with Crippen LogP contribution in [0.3, 0.4) is 0 Å². The molecule has 1 rings (SSSR count). The Balaban J connectivity index is 2.24. The number of nitrogens with two attached hydrogens (primary N) is 1. The fraction of sp³-hybridized carbons (Fsp3) is 0.900. The van der Waals surface area contributed by atoms with E-state index in [1.807, 2.05) is 0 Å². The monoisotopic (exact) mass is 199 g/mol. The highest BCUT2D eigenvalue weighted by Crippen LogP contribution is 2.21. The molecule has 0 bridgehead atoms. The molecule has 1 aliphatic rings. The van der Waals surface area contributed by atoms with Crippen molar-refractivity contribution < 1.29 is 5.11 Å². The van der Waals surface area contributed by atoms with Gasteiger partial charge in [-0.1, -0.05) is 0 Å². The van der Waals surface area contributed by atoms with Crippen LogP contribution in [-0.4, -0.2) is 41.6 Å². The van der Waals surface area contributed by atoms with Crippen LogP contribution in [0.15, 0.2) is 0 Å². The van der Waals surface area contributed by atoms with E-state index in [-0.39, 0.29) is 12.4 Å². The van der Waals surface area contributed by atoms with Crippen molar-refractivity contribution in [3.05, 3.63) is 0 Å². The molecule has 14 heavy (non-hydrogen) atoms. The average Bonchev–Trinajstić information content (AvgIpc) is 2.58. The number of rotatable bonds is 6. The molecule has 4 heteroatoms. The number of aliphatic hydroxyl groups is 1. The van der Waals surface area contributed by atoms with Crippen LogP contribution in [0.1, 0.15) is 32.1 Å². The SMILES string of the molecule is N=C(N)CCN1CCCC1CCCO. The van der Waals surface area contributed by atoms with E-state index < -0.39 is 0 Å². The first-order valence-electron chi connectivity index (χ1n) is 5.42. The van der Waals surface area contributed by atoms with Crippen LogP contribution in [0.5, 0.6) is 0 Å². The molecule has 0 saturated carbocycles. The number of aliphatic hydroxyl groups excluding tert-OH is 1. The van der Waals surface area contributed by atoms with E-state index in [1.165, 1.54) is 12.8 Å². The number of hydrogen-bond donors (Lipinski definition) is 3. The largest absolute Gasteiger partial charge is 0.396 e. The Hall–Kier alpha value is -0.610. The standard InChI is InChI=1S/C10H21N3O/c11-10(12)5-7-13-6-1-3-9(13)4-2-8-14/h9,14H,1-8H2,(H3,11,12). The van der Waals surface area contributed by atoms with Crippen molar-refractivity contribution in [3.63, 3.8) is 0 Å². The molecule has 0 aromatic carbocycles. The van der Waals surface area contributed by atoms with E-state index in [9.17, 15) is 0 Å². The zero-order valence-corrected chi connectivity index (χ0v) is 8.71. The lowest BCUT2D eigenvalue weighted by Crippen LogP contribution is -2.32. The summed E-state index contributed by atoms with van der Waals surface area (Å²) >= 11 is 0. The van der Waals surface area contributed by atoms with Gasteiger partial charge in [0.15, 0.2) is 0 Å². The van der Waals surface area contributed by atoms with Crippen LogP contribution in [0.4, 0.5) is 0 Å². The lowest BCUT2D eigenvalue weighted by atomic mass is 10.1. The highest BCUT2D eigenvalue weighted by molar-refractivity contribution is 5.76. The van der Waals surface area contributed by atoms with Gasteiger partial charge in [0.2, 0.25) is 0 Å². The van der Waals surface area contributed by atoms with Crippen molar-refractivity contribution in [2.24, 2.45) is 5.73 Å². The van der Waals surface area contributed by atoms with Gasteiger partial charge in [0, 0.05) is 25.6 Å². The Morgan fingerprint density at radius 1 is 1.57 bits per heavy atom. The van der Waals surface area contributed by atoms with E-state index in [4.69, 9.17) is 16.2 Å². The summed E-state index contributed by atoms with van der Waals surface area (Å²) in [5.41, 5.74) is 5.33. The van der Waals surface area contributed by atoms with Crippen LogP contribution >= 0.6 is 0 Å². The summed E-state index contributed by atoms with van der Waals surface area (Å²) in [4.78, 5) is 2.40. The Labute approximate surface area is 85.6 Å². The summed E-state index contributed by atoms with van der Waals surface area (Å²) in [5, 5.41) is 15.9. The van der Waals surface area contributed by atoms with E-state index in [2.05, 4.69) is 4.90 Å². The molecule has 1 atom stereocenters. The van der Waals surface area contributed by atoms with Gasteiger partial charge >= 0.3 is 0 Å². The van der Waals surface area contributed by atoms with E-state index in [0.29, 0.717) is 12.5 Å². The average molecular weight is 199 g/mol. The van der Waals surface area contributed by atoms with Crippen molar-refractivity contribution >= 4 is 5.84 Å². The molecule has 1 fully saturated rings. The van der Waals surface area contributed by atoms with Gasteiger partial charge in [0.1, 0.15) is 0 Å². The van der Waals surface area contributed by atoms with Crippen molar-refractivity contribution in [1.82, 2.24) is 4.90 Å². The first-order valence-corrected chi connectivity index (χ1v) is 5.42. The Kier molecular flexibility index (Phi) is 4.90. The molecule has 82 valence electrons. The van der Waals surface area contributed by atoms with Crippen LogP contribution in [0.25, 0.3) is 0 Å². The number of nitrogens with one attached hydrogen (secondary N) is 1. The van der Waals surface area contributed by atoms with Crippen molar-refractivity contribution in [2.75, 3.05) is 19.7 Å². The maximum absolute atomic E-state index is 8.76. The molecular formula is C10H21N3O. The molecule has 1 unspecified atom stereocenters. The van der Waals surface area contributed by atoms with Gasteiger partial charge in [-0.2, -0.15) is 0 Å². The Bertz CT molecular complexity index is 184. The number of amidine groups is 1. The van der Waals surface area contributed by atoms with Crippen molar-refractivity contribution in [1.29, 1.82) is 5.41 Å². The van der Waals surface area contributed by atoms with Gasteiger partial charge in [-0.05, 0) is 32.2 Å². The molecular weight excluding hydrogens is 178 g/mol. The predicted molar refractivity (Wildman–Crippen MR) is 57.4 cm³/mol.